The van der Waals surface area contributed by atoms with Gasteiger partial charge < -0.3 is 5.11 Å². The van der Waals surface area contributed by atoms with Gasteiger partial charge in [0.2, 0.25) is 0 Å². The molecule has 2 N–H and O–H groups in total. The second-order valence-corrected chi connectivity index (χ2v) is 4.24. The second-order valence-electron chi connectivity index (χ2n) is 4.24. The summed E-state index contributed by atoms with van der Waals surface area (Å²) in [6, 6.07) is 2.35. The molecule has 0 aromatic heterocycles. The standard InChI is InChI=1S/C12H13F2NO2/c13-8-4-7(5-9(14)6-8)10-2-1-3-11(15-10)12(16)17/h4-6,10-11,15H,1-3H2,(H,16,17)/t10-,11?/m0/s1. The molecule has 1 aliphatic rings. The minimum Gasteiger partial charge on any atom is -0.480 e. The smallest absolute Gasteiger partial charge is 0.320 e. The molecule has 1 aromatic rings. The van der Waals surface area contributed by atoms with Crippen molar-refractivity contribution >= 4 is 5.97 Å². The fourth-order valence-corrected chi connectivity index (χ4v) is 2.17. The summed E-state index contributed by atoms with van der Waals surface area (Å²) in [6.07, 6.45) is 1.96. The highest BCUT2D eigenvalue weighted by molar-refractivity contribution is 5.73. The lowest BCUT2D eigenvalue weighted by atomic mass is 9.93. The topological polar surface area (TPSA) is 49.3 Å². The van der Waals surface area contributed by atoms with Crippen molar-refractivity contribution in [2.24, 2.45) is 0 Å². The molecule has 17 heavy (non-hydrogen) atoms. The highest BCUT2D eigenvalue weighted by Crippen LogP contribution is 2.26. The lowest BCUT2D eigenvalue weighted by Gasteiger charge is -2.28. The first-order chi connectivity index (χ1) is 8.06. The number of hydrogen-bond donors (Lipinski definition) is 2. The molecule has 0 saturated carbocycles. The summed E-state index contributed by atoms with van der Waals surface area (Å²) in [7, 11) is 0. The molecule has 5 heteroatoms. The number of benzene rings is 1. The molecule has 1 fully saturated rings. The Kier molecular flexibility index (Phi) is 3.38. The number of piperidine rings is 1. The number of aliphatic carboxylic acids is 1. The van der Waals surface area contributed by atoms with E-state index in [2.05, 4.69) is 5.32 Å². The molecule has 2 rings (SSSR count). The van der Waals surface area contributed by atoms with Crippen LogP contribution < -0.4 is 5.32 Å². The molecule has 2 atom stereocenters. The van der Waals surface area contributed by atoms with Gasteiger partial charge in [0.1, 0.15) is 17.7 Å². The van der Waals surface area contributed by atoms with E-state index in [9.17, 15) is 13.6 Å². The number of nitrogens with one attached hydrogen (secondary N) is 1. The van der Waals surface area contributed by atoms with Crippen LogP contribution in [0.3, 0.4) is 0 Å². The monoisotopic (exact) mass is 241 g/mol. The summed E-state index contributed by atoms with van der Waals surface area (Å²) < 4.78 is 26.1. The summed E-state index contributed by atoms with van der Waals surface area (Å²) in [4.78, 5) is 10.9. The Morgan fingerprint density at radius 3 is 2.47 bits per heavy atom. The van der Waals surface area contributed by atoms with Gasteiger partial charge in [-0.05, 0) is 37.0 Å². The van der Waals surface area contributed by atoms with E-state index in [4.69, 9.17) is 5.11 Å². The van der Waals surface area contributed by atoms with Crippen LogP contribution in [0.2, 0.25) is 0 Å². The SMILES string of the molecule is O=C(O)C1CCC[C@@H](c2cc(F)cc(F)c2)N1. The van der Waals surface area contributed by atoms with Gasteiger partial charge in [-0.2, -0.15) is 0 Å². The zero-order valence-corrected chi connectivity index (χ0v) is 9.12. The van der Waals surface area contributed by atoms with Crippen molar-refractivity contribution in [1.82, 2.24) is 5.32 Å². The van der Waals surface area contributed by atoms with Crippen molar-refractivity contribution in [3.05, 3.63) is 35.4 Å². The van der Waals surface area contributed by atoms with E-state index in [1.165, 1.54) is 12.1 Å². The minimum absolute atomic E-state index is 0.296. The average Bonchev–Trinajstić information content (AvgIpc) is 2.28. The fourth-order valence-electron chi connectivity index (χ4n) is 2.17. The van der Waals surface area contributed by atoms with Crippen molar-refractivity contribution in [2.75, 3.05) is 0 Å². The molecule has 1 heterocycles. The second kappa shape index (κ2) is 4.79. The molecule has 0 spiro atoms. The average molecular weight is 241 g/mol. The Labute approximate surface area is 97.5 Å². The van der Waals surface area contributed by atoms with Crippen LogP contribution in [0.5, 0.6) is 0 Å². The highest BCUT2D eigenvalue weighted by atomic mass is 19.1. The van der Waals surface area contributed by atoms with Crippen molar-refractivity contribution in [3.8, 4) is 0 Å². The van der Waals surface area contributed by atoms with Gasteiger partial charge in [-0.25, -0.2) is 8.78 Å². The van der Waals surface area contributed by atoms with Gasteiger partial charge in [0.05, 0.1) is 0 Å². The Morgan fingerprint density at radius 1 is 1.24 bits per heavy atom. The minimum atomic E-state index is -0.924. The first-order valence-corrected chi connectivity index (χ1v) is 5.51. The first kappa shape index (κ1) is 12.0. The van der Waals surface area contributed by atoms with E-state index < -0.39 is 23.6 Å². The molecule has 0 bridgehead atoms. The third kappa shape index (κ3) is 2.79. The van der Waals surface area contributed by atoms with Gasteiger partial charge in [0.15, 0.2) is 0 Å². The lowest BCUT2D eigenvalue weighted by molar-refractivity contribution is -0.140. The Morgan fingerprint density at radius 2 is 1.88 bits per heavy atom. The Hall–Kier alpha value is -1.49. The molecule has 0 amide bonds. The van der Waals surface area contributed by atoms with Crippen LogP contribution in [0.4, 0.5) is 8.78 Å². The van der Waals surface area contributed by atoms with E-state index in [-0.39, 0.29) is 6.04 Å². The van der Waals surface area contributed by atoms with E-state index in [1.54, 1.807) is 0 Å². The van der Waals surface area contributed by atoms with Gasteiger partial charge in [0.25, 0.3) is 0 Å². The Bertz CT molecular complexity index is 416. The lowest BCUT2D eigenvalue weighted by Crippen LogP contribution is -2.42. The van der Waals surface area contributed by atoms with Crippen LogP contribution in [0.25, 0.3) is 0 Å². The van der Waals surface area contributed by atoms with Crippen molar-refractivity contribution < 1.29 is 18.7 Å². The van der Waals surface area contributed by atoms with Crippen molar-refractivity contribution in [1.29, 1.82) is 0 Å². The summed E-state index contributed by atoms with van der Waals surface area (Å²) in [5.74, 6) is -2.20. The molecule has 0 aliphatic carbocycles. The van der Waals surface area contributed by atoms with E-state index >= 15 is 0 Å². The first-order valence-electron chi connectivity index (χ1n) is 5.51. The summed E-state index contributed by atoms with van der Waals surface area (Å²) in [5, 5.41) is 11.8. The van der Waals surface area contributed by atoms with Crippen LogP contribution in [0.15, 0.2) is 18.2 Å². The van der Waals surface area contributed by atoms with Crippen LogP contribution in [-0.2, 0) is 4.79 Å². The molecule has 1 unspecified atom stereocenters. The number of halogens is 2. The predicted octanol–water partition coefficient (Wildman–Crippen LogP) is 2.23. The van der Waals surface area contributed by atoms with Crippen LogP contribution in [0, 0.1) is 11.6 Å². The molecule has 3 nitrogen and oxygen atoms in total. The van der Waals surface area contributed by atoms with E-state index in [0.717, 1.165) is 12.5 Å². The Balaban J connectivity index is 2.18. The largest absolute Gasteiger partial charge is 0.480 e. The zero-order chi connectivity index (χ0) is 12.4. The number of hydrogen-bond acceptors (Lipinski definition) is 2. The number of rotatable bonds is 2. The molecular weight excluding hydrogens is 228 g/mol. The van der Waals surface area contributed by atoms with Gasteiger partial charge in [0, 0.05) is 12.1 Å². The summed E-state index contributed by atoms with van der Waals surface area (Å²) >= 11 is 0. The number of carbonyl (C=O) groups is 1. The molecule has 0 radical (unpaired) electrons. The number of carboxylic acid groups (broad SMARTS) is 1. The van der Waals surface area contributed by atoms with E-state index in [0.29, 0.717) is 18.4 Å². The van der Waals surface area contributed by atoms with Gasteiger partial charge in [-0.3, -0.25) is 10.1 Å². The molecule has 1 saturated heterocycles. The maximum absolute atomic E-state index is 13.1. The van der Waals surface area contributed by atoms with Crippen LogP contribution in [0.1, 0.15) is 30.9 Å². The third-order valence-electron chi connectivity index (χ3n) is 2.97. The summed E-state index contributed by atoms with van der Waals surface area (Å²) in [5.41, 5.74) is 0.466. The molecule has 1 aliphatic heterocycles. The molecular formula is C12H13F2NO2. The fraction of sp³-hybridized carbons (Fsp3) is 0.417. The molecule has 1 aromatic carbocycles. The van der Waals surface area contributed by atoms with Gasteiger partial charge in [-0.15, -0.1) is 0 Å². The van der Waals surface area contributed by atoms with Crippen LogP contribution >= 0.6 is 0 Å². The maximum Gasteiger partial charge on any atom is 0.320 e. The van der Waals surface area contributed by atoms with E-state index in [1.807, 2.05) is 0 Å². The number of carboxylic acids is 1. The maximum atomic E-state index is 13.1. The molecule has 92 valence electrons. The van der Waals surface area contributed by atoms with Gasteiger partial charge in [-0.1, -0.05) is 0 Å². The zero-order valence-electron chi connectivity index (χ0n) is 9.12. The quantitative estimate of drug-likeness (QED) is 0.834. The van der Waals surface area contributed by atoms with Crippen molar-refractivity contribution in [2.45, 2.75) is 31.3 Å². The summed E-state index contributed by atoms with van der Waals surface area (Å²) in [6.45, 7) is 0. The predicted molar refractivity (Wildman–Crippen MR) is 57.5 cm³/mol. The van der Waals surface area contributed by atoms with Crippen LogP contribution in [-0.4, -0.2) is 17.1 Å². The van der Waals surface area contributed by atoms with Gasteiger partial charge >= 0.3 is 5.97 Å². The van der Waals surface area contributed by atoms with Crippen molar-refractivity contribution in [3.63, 3.8) is 0 Å². The highest BCUT2D eigenvalue weighted by Gasteiger charge is 2.27. The third-order valence-corrected chi connectivity index (χ3v) is 2.97. The normalized spacial score (nSPS) is 24.6.